The van der Waals surface area contributed by atoms with Crippen LogP contribution in [0.5, 0.6) is 0 Å². The number of nitrogens with one attached hydrogen (secondary N) is 3. The number of rotatable bonds is 17. The molecule has 0 radical (unpaired) electrons. The van der Waals surface area contributed by atoms with Crippen molar-refractivity contribution in [3.63, 3.8) is 0 Å². The molecule has 0 aliphatic rings. The van der Waals surface area contributed by atoms with Crippen molar-refractivity contribution in [2.24, 2.45) is 44.6 Å². The molecule has 0 saturated carbocycles. The molecule has 0 saturated heterocycles. The Morgan fingerprint density at radius 2 is 1.37 bits per heavy atom. The molecule has 3 atom stereocenters. The van der Waals surface area contributed by atoms with Crippen LogP contribution < -0.4 is 44.6 Å². The van der Waals surface area contributed by atoms with E-state index in [1.165, 1.54) is 0 Å². The molecule has 0 aromatic rings. The van der Waals surface area contributed by atoms with Gasteiger partial charge >= 0.3 is 5.97 Å². The van der Waals surface area contributed by atoms with Gasteiger partial charge in [0.2, 0.25) is 17.7 Å². The first kappa shape index (κ1) is 31.4. The molecule has 0 rings (SSSR count). The van der Waals surface area contributed by atoms with Crippen molar-refractivity contribution < 1.29 is 24.3 Å². The van der Waals surface area contributed by atoms with Gasteiger partial charge in [-0.2, -0.15) is 0 Å². The molecule has 0 aromatic carbocycles. The predicted octanol–water partition coefficient (Wildman–Crippen LogP) is -3.36. The largest absolute Gasteiger partial charge is 0.480 e. The summed E-state index contributed by atoms with van der Waals surface area (Å²) in [6, 6.07) is -3.00. The van der Waals surface area contributed by atoms with Crippen molar-refractivity contribution in [1.29, 1.82) is 0 Å². The van der Waals surface area contributed by atoms with Gasteiger partial charge in [0, 0.05) is 13.1 Å². The summed E-state index contributed by atoms with van der Waals surface area (Å²) in [6.07, 6.45) is 1.49. The van der Waals surface area contributed by atoms with Gasteiger partial charge in [-0.05, 0) is 38.0 Å². The number of nitrogens with zero attached hydrogens (tertiary/aromatic N) is 2. The fourth-order valence-electron chi connectivity index (χ4n) is 2.93. The Morgan fingerprint density at radius 3 is 1.86 bits per heavy atom. The Bertz CT molecular complexity index is 763. The maximum absolute atomic E-state index is 12.7. The lowest BCUT2D eigenvalue weighted by atomic mass is 10.0. The average molecular weight is 501 g/mol. The van der Waals surface area contributed by atoms with Crippen LogP contribution in [-0.4, -0.2) is 78.5 Å². The number of aliphatic imine (C=N–C) groups is 2. The van der Waals surface area contributed by atoms with Gasteiger partial charge in [-0.15, -0.1) is 0 Å². The van der Waals surface area contributed by atoms with E-state index in [0.29, 0.717) is 19.4 Å². The second-order valence-electron chi connectivity index (χ2n) is 8.37. The lowest BCUT2D eigenvalue weighted by Gasteiger charge is -2.21. The zero-order chi connectivity index (χ0) is 27.0. The molecule has 200 valence electrons. The van der Waals surface area contributed by atoms with Gasteiger partial charge in [-0.3, -0.25) is 24.4 Å². The monoisotopic (exact) mass is 500 g/mol. The van der Waals surface area contributed by atoms with Gasteiger partial charge in [-0.1, -0.05) is 13.8 Å². The number of carboxylic acids is 1. The number of guanidine groups is 2. The van der Waals surface area contributed by atoms with Crippen LogP contribution in [0.15, 0.2) is 9.98 Å². The molecule has 0 heterocycles. The Kier molecular flexibility index (Phi) is 15.2. The van der Waals surface area contributed by atoms with Gasteiger partial charge < -0.3 is 49.7 Å². The standard InChI is InChI=1S/C20H40N10O5/c1-11(2)9-14(18(34)35)29-15(31)10-28-17(33)13(6-4-8-27-20(24)25)30-16(32)12(21)5-3-7-26-19(22)23/h11-14H,3-10,21H2,1-2H3,(H,28,33)(H,29,31)(H,30,32)(H,34,35)(H4,22,23,26)(H4,24,25,27). The summed E-state index contributed by atoms with van der Waals surface area (Å²) in [7, 11) is 0. The summed E-state index contributed by atoms with van der Waals surface area (Å²) >= 11 is 0. The average Bonchev–Trinajstić information content (AvgIpc) is 2.75. The summed E-state index contributed by atoms with van der Waals surface area (Å²) < 4.78 is 0. The topological polar surface area (TPSA) is 279 Å². The summed E-state index contributed by atoms with van der Waals surface area (Å²) in [5.41, 5.74) is 27.0. The van der Waals surface area contributed by atoms with Crippen LogP contribution in [0.2, 0.25) is 0 Å². The van der Waals surface area contributed by atoms with Crippen LogP contribution in [0.3, 0.4) is 0 Å². The van der Waals surface area contributed by atoms with Crippen molar-refractivity contribution in [1.82, 2.24) is 16.0 Å². The van der Waals surface area contributed by atoms with E-state index in [2.05, 4.69) is 25.9 Å². The molecular weight excluding hydrogens is 460 g/mol. The van der Waals surface area contributed by atoms with E-state index in [1.54, 1.807) is 0 Å². The zero-order valence-electron chi connectivity index (χ0n) is 20.3. The van der Waals surface area contributed by atoms with E-state index in [4.69, 9.17) is 28.7 Å². The number of amides is 3. The molecular formula is C20H40N10O5. The summed E-state index contributed by atoms with van der Waals surface area (Å²) in [6.45, 7) is 3.71. The Morgan fingerprint density at radius 1 is 0.829 bits per heavy atom. The first-order valence-electron chi connectivity index (χ1n) is 11.3. The smallest absolute Gasteiger partial charge is 0.326 e. The highest BCUT2D eigenvalue weighted by molar-refractivity contribution is 5.92. The van der Waals surface area contributed by atoms with Crippen molar-refractivity contribution in [3.05, 3.63) is 0 Å². The Hall–Kier alpha value is -3.62. The van der Waals surface area contributed by atoms with Crippen molar-refractivity contribution in [2.75, 3.05) is 19.6 Å². The minimum absolute atomic E-state index is 0.0412. The highest BCUT2D eigenvalue weighted by Crippen LogP contribution is 2.05. The normalized spacial score (nSPS) is 13.1. The molecule has 0 spiro atoms. The Labute approximate surface area is 204 Å². The lowest BCUT2D eigenvalue weighted by Crippen LogP contribution is -2.53. The zero-order valence-corrected chi connectivity index (χ0v) is 20.3. The van der Waals surface area contributed by atoms with Crippen LogP contribution in [0.25, 0.3) is 0 Å². The van der Waals surface area contributed by atoms with E-state index >= 15 is 0 Å². The van der Waals surface area contributed by atoms with Crippen molar-refractivity contribution in [2.45, 2.75) is 64.1 Å². The van der Waals surface area contributed by atoms with E-state index in [0.717, 1.165) is 0 Å². The van der Waals surface area contributed by atoms with Crippen LogP contribution in [0.1, 0.15) is 46.0 Å². The van der Waals surface area contributed by atoms with Gasteiger partial charge in [0.15, 0.2) is 11.9 Å². The van der Waals surface area contributed by atoms with Crippen LogP contribution >= 0.6 is 0 Å². The van der Waals surface area contributed by atoms with E-state index in [-0.39, 0.29) is 43.6 Å². The second kappa shape index (κ2) is 16.9. The van der Waals surface area contributed by atoms with Crippen LogP contribution in [0, 0.1) is 5.92 Å². The first-order chi connectivity index (χ1) is 16.3. The highest BCUT2D eigenvalue weighted by atomic mass is 16.4. The van der Waals surface area contributed by atoms with Crippen molar-refractivity contribution in [3.8, 4) is 0 Å². The van der Waals surface area contributed by atoms with Crippen molar-refractivity contribution >= 4 is 35.6 Å². The minimum atomic E-state index is -1.17. The maximum Gasteiger partial charge on any atom is 0.326 e. The molecule has 14 N–H and O–H groups in total. The number of carbonyl (C=O) groups is 4. The number of nitrogens with two attached hydrogens (primary N) is 5. The SMILES string of the molecule is CC(C)CC(NC(=O)CNC(=O)C(CCCN=C(N)N)NC(=O)C(N)CCCN=C(N)N)C(=O)O. The van der Waals surface area contributed by atoms with Gasteiger partial charge in [0.25, 0.3) is 0 Å². The predicted molar refractivity (Wildman–Crippen MR) is 132 cm³/mol. The van der Waals surface area contributed by atoms with E-state index in [9.17, 15) is 24.3 Å². The summed E-state index contributed by atoms with van der Waals surface area (Å²) in [5.74, 6) is -3.18. The lowest BCUT2D eigenvalue weighted by molar-refractivity contribution is -0.142. The van der Waals surface area contributed by atoms with Gasteiger partial charge in [-0.25, -0.2) is 4.79 Å². The number of aliphatic carboxylic acids is 1. The number of carbonyl (C=O) groups excluding carboxylic acids is 3. The summed E-state index contributed by atoms with van der Waals surface area (Å²) in [5, 5.41) is 16.6. The molecule has 0 aliphatic carbocycles. The molecule has 3 amide bonds. The van der Waals surface area contributed by atoms with E-state index in [1.807, 2.05) is 13.8 Å². The quantitative estimate of drug-likeness (QED) is 0.0543. The first-order valence-corrected chi connectivity index (χ1v) is 11.3. The Balaban J connectivity index is 4.99. The molecule has 3 unspecified atom stereocenters. The third-order valence-electron chi connectivity index (χ3n) is 4.65. The van der Waals surface area contributed by atoms with E-state index < -0.39 is 48.4 Å². The maximum atomic E-state index is 12.7. The van der Waals surface area contributed by atoms with Crippen LogP contribution in [-0.2, 0) is 19.2 Å². The fourth-order valence-corrected chi connectivity index (χ4v) is 2.93. The highest BCUT2D eigenvalue weighted by Gasteiger charge is 2.25. The second-order valence-corrected chi connectivity index (χ2v) is 8.37. The third-order valence-corrected chi connectivity index (χ3v) is 4.65. The van der Waals surface area contributed by atoms with Crippen LogP contribution in [0.4, 0.5) is 0 Å². The molecule has 0 bridgehead atoms. The third kappa shape index (κ3) is 15.8. The van der Waals surface area contributed by atoms with Gasteiger partial charge in [0.1, 0.15) is 12.1 Å². The summed E-state index contributed by atoms with van der Waals surface area (Å²) in [4.78, 5) is 56.3. The number of carboxylic acid groups (broad SMARTS) is 1. The molecule has 15 nitrogen and oxygen atoms in total. The fraction of sp³-hybridized carbons (Fsp3) is 0.700. The minimum Gasteiger partial charge on any atom is -0.480 e. The van der Waals surface area contributed by atoms with Gasteiger partial charge in [0.05, 0.1) is 12.6 Å². The number of hydrogen-bond acceptors (Lipinski definition) is 7. The molecule has 15 heteroatoms. The molecule has 0 fully saturated rings. The molecule has 0 aliphatic heterocycles. The molecule has 0 aromatic heterocycles. The molecule has 35 heavy (non-hydrogen) atoms. The number of hydrogen-bond donors (Lipinski definition) is 9.